The van der Waals surface area contributed by atoms with E-state index in [0.717, 1.165) is 6.42 Å². The molecule has 0 spiro atoms. The van der Waals surface area contributed by atoms with Gasteiger partial charge in [-0.15, -0.1) is 0 Å². The summed E-state index contributed by atoms with van der Waals surface area (Å²) in [7, 11) is 0. The normalized spacial score (nSPS) is 25.7. The summed E-state index contributed by atoms with van der Waals surface area (Å²) in [6.07, 6.45) is 7.80. The molecule has 120 valence electrons. The summed E-state index contributed by atoms with van der Waals surface area (Å²) in [6, 6.07) is 2.30. The van der Waals surface area contributed by atoms with Crippen molar-refractivity contribution in [2.24, 2.45) is 5.92 Å². The second-order valence-electron chi connectivity index (χ2n) is 6.64. The minimum absolute atomic E-state index is 0.0844. The Bertz CT molecular complexity index is 621. The van der Waals surface area contributed by atoms with Crippen LogP contribution in [0.4, 0.5) is 0 Å². The molecule has 0 unspecified atom stereocenters. The molecule has 22 heavy (non-hydrogen) atoms. The average molecular weight is 304 g/mol. The Hall–Kier alpha value is -1.62. The highest BCUT2D eigenvalue weighted by Gasteiger charge is 2.33. The molecule has 2 aliphatic heterocycles. The molecule has 0 bridgehead atoms. The molecule has 5 heteroatoms. The van der Waals surface area contributed by atoms with E-state index in [4.69, 9.17) is 0 Å². The molecule has 2 fully saturated rings. The molecule has 2 atom stereocenters. The standard InChI is InChI=1S/C17H24N2O3/c1-12-7-10-19(16(20)15(12)17(21)22)11-13-5-4-9-18-8-3-2-6-14(13)18/h7,10,13-14H,2-6,8-9,11H2,1H3,(H,21,22)/t13-,14+/m0/s1. The summed E-state index contributed by atoms with van der Waals surface area (Å²) in [5.41, 5.74) is 0.0935. The van der Waals surface area contributed by atoms with Crippen LogP contribution >= 0.6 is 0 Å². The first kappa shape index (κ1) is 15.3. The maximum absolute atomic E-state index is 12.4. The fourth-order valence-electron chi connectivity index (χ4n) is 4.11. The van der Waals surface area contributed by atoms with E-state index in [-0.39, 0.29) is 11.1 Å². The number of carbonyl (C=O) groups is 1. The van der Waals surface area contributed by atoms with Crippen molar-refractivity contribution in [3.63, 3.8) is 0 Å². The van der Waals surface area contributed by atoms with Gasteiger partial charge < -0.3 is 14.6 Å². The minimum atomic E-state index is -1.13. The lowest BCUT2D eigenvalue weighted by molar-refractivity contribution is 0.0513. The van der Waals surface area contributed by atoms with E-state index in [1.807, 2.05) is 0 Å². The molecular weight excluding hydrogens is 280 g/mol. The second kappa shape index (κ2) is 6.24. The Kier molecular flexibility index (Phi) is 4.34. The molecule has 1 aromatic rings. The predicted molar refractivity (Wildman–Crippen MR) is 84.3 cm³/mol. The van der Waals surface area contributed by atoms with Gasteiger partial charge in [-0.05, 0) is 63.2 Å². The lowest BCUT2D eigenvalue weighted by Crippen LogP contribution is -2.49. The second-order valence-corrected chi connectivity index (χ2v) is 6.64. The van der Waals surface area contributed by atoms with Gasteiger partial charge in [0.15, 0.2) is 0 Å². The quantitative estimate of drug-likeness (QED) is 0.929. The van der Waals surface area contributed by atoms with Crippen molar-refractivity contribution in [1.29, 1.82) is 0 Å². The number of carboxylic acid groups (broad SMARTS) is 1. The highest BCUT2D eigenvalue weighted by molar-refractivity contribution is 5.88. The largest absolute Gasteiger partial charge is 0.477 e. The highest BCUT2D eigenvalue weighted by Crippen LogP contribution is 2.31. The number of piperidine rings is 2. The first-order valence-corrected chi connectivity index (χ1v) is 8.25. The van der Waals surface area contributed by atoms with Gasteiger partial charge in [-0.1, -0.05) is 6.42 Å². The zero-order chi connectivity index (χ0) is 15.7. The summed E-state index contributed by atoms with van der Waals surface area (Å²) in [6.45, 7) is 4.66. The van der Waals surface area contributed by atoms with Gasteiger partial charge in [-0.25, -0.2) is 4.79 Å². The van der Waals surface area contributed by atoms with Crippen LogP contribution in [0.5, 0.6) is 0 Å². The maximum atomic E-state index is 12.4. The number of rotatable bonds is 3. The summed E-state index contributed by atoms with van der Waals surface area (Å²) in [5, 5.41) is 9.24. The van der Waals surface area contributed by atoms with Crippen molar-refractivity contribution in [3.8, 4) is 0 Å². The van der Waals surface area contributed by atoms with Crippen LogP contribution in [0.25, 0.3) is 0 Å². The molecule has 3 rings (SSSR count). The van der Waals surface area contributed by atoms with Crippen molar-refractivity contribution >= 4 is 5.97 Å². The Morgan fingerprint density at radius 2 is 2.05 bits per heavy atom. The number of fused-ring (bicyclic) bond motifs is 1. The highest BCUT2D eigenvalue weighted by atomic mass is 16.4. The Balaban J connectivity index is 1.85. The molecule has 0 amide bonds. The van der Waals surface area contributed by atoms with E-state index in [9.17, 15) is 14.7 Å². The Morgan fingerprint density at radius 3 is 2.82 bits per heavy atom. The van der Waals surface area contributed by atoms with E-state index in [2.05, 4.69) is 4.90 Å². The van der Waals surface area contributed by atoms with Crippen LogP contribution < -0.4 is 5.56 Å². The molecule has 0 radical (unpaired) electrons. The molecule has 2 aliphatic rings. The fraction of sp³-hybridized carbons (Fsp3) is 0.647. The first-order valence-electron chi connectivity index (χ1n) is 8.25. The lowest BCUT2D eigenvalue weighted by atomic mass is 9.83. The number of nitrogens with zero attached hydrogens (tertiary/aromatic N) is 2. The van der Waals surface area contributed by atoms with Crippen LogP contribution in [-0.2, 0) is 6.54 Å². The summed E-state index contributed by atoms with van der Waals surface area (Å²) in [5.74, 6) is -0.670. The van der Waals surface area contributed by atoms with Crippen LogP contribution in [0.15, 0.2) is 17.1 Å². The van der Waals surface area contributed by atoms with Crippen molar-refractivity contribution in [2.45, 2.75) is 51.6 Å². The van der Waals surface area contributed by atoms with Gasteiger partial charge in [0.2, 0.25) is 0 Å². The molecule has 0 aliphatic carbocycles. The third-order valence-corrected chi connectivity index (χ3v) is 5.25. The van der Waals surface area contributed by atoms with Crippen LogP contribution in [0.3, 0.4) is 0 Å². The van der Waals surface area contributed by atoms with Gasteiger partial charge in [0.1, 0.15) is 5.56 Å². The third-order valence-electron chi connectivity index (χ3n) is 5.25. The van der Waals surface area contributed by atoms with E-state index >= 15 is 0 Å². The van der Waals surface area contributed by atoms with Crippen LogP contribution in [0.1, 0.15) is 48.0 Å². The first-order chi connectivity index (χ1) is 10.6. The van der Waals surface area contributed by atoms with E-state index in [1.165, 1.54) is 38.8 Å². The van der Waals surface area contributed by atoms with Gasteiger partial charge in [-0.3, -0.25) is 4.79 Å². The third kappa shape index (κ3) is 2.82. The Labute approximate surface area is 130 Å². The van der Waals surface area contributed by atoms with Gasteiger partial charge in [-0.2, -0.15) is 0 Å². The number of hydrogen-bond acceptors (Lipinski definition) is 3. The van der Waals surface area contributed by atoms with Crippen LogP contribution in [0, 0.1) is 12.8 Å². The number of pyridine rings is 1. The number of aromatic carboxylic acids is 1. The molecule has 2 saturated heterocycles. The van der Waals surface area contributed by atoms with Gasteiger partial charge in [0.05, 0.1) is 0 Å². The number of aromatic nitrogens is 1. The predicted octanol–water partition coefficient (Wildman–Crippen LogP) is 2.12. The monoisotopic (exact) mass is 304 g/mol. The number of aryl methyl sites for hydroxylation is 1. The van der Waals surface area contributed by atoms with Crippen molar-refractivity contribution in [1.82, 2.24) is 9.47 Å². The van der Waals surface area contributed by atoms with E-state index in [0.29, 0.717) is 24.1 Å². The number of carboxylic acids is 1. The average Bonchev–Trinajstić information content (AvgIpc) is 2.50. The Morgan fingerprint density at radius 1 is 1.27 bits per heavy atom. The molecule has 1 N–H and O–H groups in total. The summed E-state index contributed by atoms with van der Waals surface area (Å²) < 4.78 is 1.61. The zero-order valence-corrected chi connectivity index (χ0v) is 13.1. The SMILES string of the molecule is Cc1ccn(C[C@@H]2CCCN3CCCC[C@H]23)c(=O)c1C(=O)O. The summed E-state index contributed by atoms with van der Waals surface area (Å²) >= 11 is 0. The number of hydrogen-bond donors (Lipinski definition) is 1. The van der Waals surface area contributed by atoms with E-state index < -0.39 is 5.97 Å². The molecular formula is C17H24N2O3. The smallest absolute Gasteiger partial charge is 0.341 e. The van der Waals surface area contributed by atoms with Crippen molar-refractivity contribution in [2.75, 3.05) is 13.1 Å². The van der Waals surface area contributed by atoms with E-state index in [1.54, 1.807) is 23.8 Å². The molecule has 0 aromatic carbocycles. The van der Waals surface area contributed by atoms with Crippen LogP contribution in [0.2, 0.25) is 0 Å². The fourth-order valence-corrected chi connectivity index (χ4v) is 4.11. The molecule has 0 saturated carbocycles. The summed E-state index contributed by atoms with van der Waals surface area (Å²) in [4.78, 5) is 26.3. The topological polar surface area (TPSA) is 62.5 Å². The minimum Gasteiger partial charge on any atom is -0.477 e. The van der Waals surface area contributed by atoms with Gasteiger partial charge in [0.25, 0.3) is 5.56 Å². The molecule has 3 heterocycles. The lowest BCUT2D eigenvalue weighted by Gasteiger charge is -2.44. The maximum Gasteiger partial charge on any atom is 0.341 e. The van der Waals surface area contributed by atoms with Crippen molar-refractivity contribution in [3.05, 3.63) is 33.7 Å². The molecule has 1 aromatic heterocycles. The van der Waals surface area contributed by atoms with Crippen molar-refractivity contribution < 1.29 is 9.90 Å². The zero-order valence-electron chi connectivity index (χ0n) is 13.1. The van der Waals surface area contributed by atoms with Crippen LogP contribution in [-0.4, -0.2) is 39.7 Å². The molecule has 5 nitrogen and oxygen atoms in total. The van der Waals surface area contributed by atoms with Gasteiger partial charge >= 0.3 is 5.97 Å². The van der Waals surface area contributed by atoms with Gasteiger partial charge in [0, 0.05) is 18.8 Å².